The van der Waals surface area contributed by atoms with E-state index in [0.717, 1.165) is 5.56 Å². The molecule has 3 nitrogen and oxygen atoms in total. The third kappa shape index (κ3) is 2.64. The van der Waals surface area contributed by atoms with Gasteiger partial charge in [-0.2, -0.15) is 0 Å². The van der Waals surface area contributed by atoms with Crippen molar-refractivity contribution in [3.05, 3.63) is 35.9 Å². The normalized spacial score (nSPS) is 11.4. The minimum absolute atomic E-state index is 0.0260. The maximum Gasteiger partial charge on any atom is 0.215 e. The first-order chi connectivity index (χ1) is 5.64. The highest BCUT2D eigenvalue weighted by atomic mass is 32.2. The summed E-state index contributed by atoms with van der Waals surface area (Å²) in [6.45, 7) is 0. The van der Waals surface area contributed by atoms with Gasteiger partial charge in [0.05, 0.1) is 5.75 Å². The van der Waals surface area contributed by atoms with Crippen molar-refractivity contribution in [2.75, 3.05) is 7.05 Å². The van der Waals surface area contributed by atoms with Crippen LogP contribution in [-0.2, 0) is 15.8 Å². The molecule has 0 aliphatic heterocycles. The van der Waals surface area contributed by atoms with Crippen LogP contribution in [0.1, 0.15) is 5.56 Å². The minimum atomic E-state index is -3.14. The van der Waals surface area contributed by atoms with Crippen LogP contribution in [0.2, 0.25) is 0 Å². The second-order valence-corrected chi connectivity index (χ2v) is 4.30. The summed E-state index contributed by atoms with van der Waals surface area (Å²) in [5.74, 6) is 0.0260. The third-order valence-corrected chi connectivity index (χ3v) is 2.79. The van der Waals surface area contributed by atoms with E-state index < -0.39 is 10.0 Å². The summed E-state index contributed by atoms with van der Waals surface area (Å²) in [6, 6.07) is 9.67. The summed E-state index contributed by atoms with van der Waals surface area (Å²) in [4.78, 5) is 0. The largest absolute Gasteiger partial charge is 0.218 e. The maximum atomic E-state index is 11.0. The third-order valence-electron chi connectivity index (χ3n) is 1.45. The molecule has 0 fully saturated rings. The van der Waals surface area contributed by atoms with E-state index in [9.17, 15) is 8.42 Å². The van der Waals surface area contributed by atoms with Crippen LogP contribution < -0.4 is 4.72 Å². The highest BCUT2D eigenvalue weighted by molar-refractivity contribution is 7.88. The summed E-state index contributed by atoms with van der Waals surface area (Å²) < 4.78 is 24.3. The van der Waals surface area contributed by atoms with Gasteiger partial charge >= 0.3 is 0 Å². The lowest BCUT2D eigenvalue weighted by Crippen LogP contribution is -2.20. The number of hydrogen-bond acceptors (Lipinski definition) is 2. The second-order valence-electron chi connectivity index (χ2n) is 2.37. The monoisotopic (exact) mass is 184 g/mol. The lowest BCUT2D eigenvalue weighted by molar-refractivity contribution is 0.587. The van der Waals surface area contributed by atoms with Crippen molar-refractivity contribution in [1.29, 1.82) is 0 Å². The molecule has 0 aromatic heterocycles. The van der Waals surface area contributed by atoms with Crippen molar-refractivity contribution < 1.29 is 8.42 Å². The van der Waals surface area contributed by atoms with E-state index in [0.29, 0.717) is 0 Å². The number of benzene rings is 1. The molecule has 0 aliphatic carbocycles. The minimum Gasteiger partial charge on any atom is -0.218 e. The van der Waals surface area contributed by atoms with Crippen LogP contribution in [0.3, 0.4) is 0 Å². The molecule has 0 heterocycles. The Kier molecular flexibility index (Phi) is 2.83. The van der Waals surface area contributed by atoms with Gasteiger partial charge in [0.2, 0.25) is 10.0 Å². The fourth-order valence-corrected chi connectivity index (χ4v) is 1.58. The number of hydrogen-bond donors (Lipinski definition) is 1. The topological polar surface area (TPSA) is 46.2 Å². The maximum absolute atomic E-state index is 11.0. The molecule has 0 saturated carbocycles. The van der Waals surface area contributed by atoms with Gasteiger partial charge in [-0.1, -0.05) is 24.3 Å². The standard InChI is InChI=1S/C8H10NO2S/c1-9-12(10,11)7-8-5-3-2-4-6-8/h3-6,9H,7H2,1H3. The van der Waals surface area contributed by atoms with Crippen molar-refractivity contribution in [3.8, 4) is 0 Å². The predicted octanol–water partition coefficient (Wildman–Crippen LogP) is 0.536. The molecule has 1 N–H and O–H groups in total. The van der Waals surface area contributed by atoms with Crippen LogP contribution in [0.5, 0.6) is 0 Å². The van der Waals surface area contributed by atoms with Gasteiger partial charge in [0.25, 0.3) is 0 Å². The van der Waals surface area contributed by atoms with Crippen LogP contribution in [0.25, 0.3) is 0 Å². The van der Waals surface area contributed by atoms with E-state index in [4.69, 9.17) is 0 Å². The van der Waals surface area contributed by atoms with Gasteiger partial charge in [-0.15, -0.1) is 0 Å². The van der Waals surface area contributed by atoms with Crippen molar-refractivity contribution in [2.24, 2.45) is 0 Å². The molecular formula is C8H10NO2S. The Labute approximate surface area is 72.5 Å². The molecule has 1 radical (unpaired) electrons. The lowest BCUT2D eigenvalue weighted by Gasteiger charge is -2.00. The van der Waals surface area contributed by atoms with E-state index in [1.807, 2.05) is 0 Å². The summed E-state index contributed by atoms with van der Waals surface area (Å²) in [7, 11) is -1.73. The highest BCUT2D eigenvalue weighted by Gasteiger charge is 2.06. The van der Waals surface area contributed by atoms with Gasteiger partial charge in [0.1, 0.15) is 0 Å². The number of rotatable bonds is 3. The van der Waals surface area contributed by atoms with Crippen LogP contribution in [0.4, 0.5) is 0 Å². The molecular weight excluding hydrogens is 174 g/mol. The molecule has 65 valence electrons. The van der Waals surface area contributed by atoms with Crippen molar-refractivity contribution >= 4 is 10.0 Å². The fourth-order valence-electron chi connectivity index (χ4n) is 0.809. The van der Waals surface area contributed by atoms with Crippen LogP contribution in [0, 0.1) is 6.07 Å². The summed E-state index contributed by atoms with van der Waals surface area (Å²) >= 11 is 0. The Morgan fingerprint density at radius 2 is 2.00 bits per heavy atom. The first-order valence-corrected chi connectivity index (χ1v) is 5.15. The summed E-state index contributed by atoms with van der Waals surface area (Å²) in [5, 5.41) is 0. The van der Waals surface area contributed by atoms with Gasteiger partial charge in [-0.3, -0.25) is 0 Å². The molecule has 0 saturated heterocycles. The smallest absolute Gasteiger partial charge is 0.215 e. The quantitative estimate of drug-likeness (QED) is 0.745. The van der Waals surface area contributed by atoms with Crippen molar-refractivity contribution in [2.45, 2.75) is 5.75 Å². The van der Waals surface area contributed by atoms with E-state index in [1.165, 1.54) is 7.05 Å². The van der Waals surface area contributed by atoms with Crippen LogP contribution in [0.15, 0.2) is 24.3 Å². The zero-order valence-electron chi connectivity index (χ0n) is 6.74. The van der Waals surface area contributed by atoms with E-state index in [2.05, 4.69) is 10.8 Å². The van der Waals surface area contributed by atoms with Gasteiger partial charge < -0.3 is 0 Å². The SMILES string of the molecule is CNS(=O)(=O)Cc1cc[c]cc1. The highest BCUT2D eigenvalue weighted by Crippen LogP contribution is 2.02. The molecule has 1 aromatic rings. The molecule has 0 bridgehead atoms. The van der Waals surface area contributed by atoms with Crippen LogP contribution >= 0.6 is 0 Å². The molecule has 1 rings (SSSR count). The average molecular weight is 184 g/mol. The zero-order chi connectivity index (χ0) is 9.03. The Morgan fingerprint density at radius 1 is 1.42 bits per heavy atom. The number of nitrogens with one attached hydrogen (secondary N) is 1. The number of sulfonamides is 1. The van der Waals surface area contributed by atoms with E-state index in [1.54, 1.807) is 24.3 Å². The molecule has 0 spiro atoms. The van der Waals surface area contributed by atoms with Gasteiger partial charge in [0.15, 0.2) is 0 Å². The first kappa shape index (κ1) is 9.22. The fraction of sp³-hybridized carbons (Fsp3) is 0.250. The van der Waals surface area contributed by atoms with Gasteiger partial charge in [-0.05, 0) is 18.7 Å². The summed E-state index contributed by atoms with van der Waals surface area (Å²) in [6.07, 6.45) is 0. The molecule has 0 atom stereocenters. The van der Waals surface area contributed by atoms with Gasteiger partial charge in [-0.25, -0.2) is 13.1 Å². The zero-order valence-corrected chi connectivity index (χ0v) is 7.56. The molecule has 0 aliphatic rings. The Hall–Kier alpha value is -0.870. The van der Waals surface area contributed by atoms with Crippen molar-refractivity contribution in [3.63, 3.8) is 0 Å². The lowest BCUT2D eigenvalue weighted by atomic mass is 10.2. The molecule has 1 aromatic carbocycles. The van der Waals surface area contributed by atoms with E-state index >= 15 is 0 Å². The molecule has 0 unspecified atom stereocenters. The average Bonchev–Trinajstić information content (AvgIpc) is 2.06. The van der Waals surface area contributed by atoms with Crippen LogP contribution in [-0.4, -0.2) is 15.5 Å². The molecule has 0 amide bonds. The van der Waals surface area contributed by atoms with Gasteiger partial charge in [0, 0.05) is 0 Å². The molecule has 12 heavy (non-hydrogen) atoms. The Balaban J connectivity index is 2.78. The summed E-state index contributed by atoms with van der Waals surface area (Å²) in [5.41, 5.74) is 0.767. The Bertz CT molecular complexity index is 331. The molecule has 4 heteroatoms. The first-order valence-electron chi connectivity index (χ1n) is 3.50. The van der Waals surface area contributed by atoms with E-state index in [-0.39, 0.29) is 5.75 Å². The Morgan fingerprint density at radius 3 is 2.50 bits per heavy atom. The predicted molar refractivity (Wildman–Crippen MR) is 47.0 cm³/mol. The second kappa shape index (κ2) is 3.69. The van der Waals surface area contributed by atoms with Crippen molar-refractivity contribution in [1.82, 2.24) is 4.72 Å².